The maximum Gasteiger partial charge on any atom is 0.0406 e. The highest BCUT2D eigenvalue weighted by Crippen LogP contribution is 2.13. The Morgan fingerprint density at radius 2 is 1.61 bits per heavy atom. The second-order valence-corrected chi connectivity index (χ2v) is 4.76. The molecule has 2 heteroatoms. The fourth-order valence-electron chi connectivity index (χ4n) is 1.91. The molecular formula is C16H16ClN. The highest BCUT2D eigenvalue weighted by atomic mass is 35.5. The van der Waals surface area contributed by atoms with Crippen LogP contribution < -0.4 is 0 Å². The second kappa shape index (κ2) is 6.36. The molecule has 0 atom stereocenters. The standard InChI is InChI=1S/C16H16ClN/c17-15-11-9-14(10-12-15)16(18)8-4-7-13-5-2-1-3-6-13/h1-3,5-6,9-12,18H,4,7-8H2. The van der Waals surface area contributed by atoms with Crippen LogP contribution in [0.5, 0.6) is 0 Å². The molecule has 0 aliphatic rings. The van der Waals surface area contributed by atoms with Crippen LogP contribution in [0.15, 0.2) is 54.6 Å². The molecule has 0 spiro atoms. The number of nitrogens with one attached hydrogen (secondary N) is 1. The molecular weight excluding hydrogens is 242 g/mol. The van der Waals surface area contributed by atoms with Gasteiger partial charge in [0.15, 0.2) is 0 Å². The van der Waals surface area contributed by atoms with E-state index in [1.54, 1.807) is 0 Å². The van der Waals surface area contributed by atoms with Gasteiger partial charge in [-0.05, 0) is 42.5 Å². The molecule has 0 radical (unpaired) electrons. The summed E-state index contributed by atoms with van der Waals surface area (Å²) in [6.07, 6.45) is 2.83. The molecule has 0 saturated heterocycles. The summed E-state index contributed by atoms with van der Waals surface area (Å²) in [6, 6.07) is 17.9. The minimum atomic E-state index is 0.683. The van der Waals surface area contributed by atoms with E-state index in [9.17, 15) is 0 Å². The molecule has 2 rings (SSSR count). The van der Waals surface area contributed by atoms with Gasteiger partial charge >= 0.3 is 0 Å². The first-order valence-corrected chi connectivity index (χ1v) is 6.51. The van der Waals surface area contributed by atoms with Crippen molar-refractivity contribution in [2.45, 2.75) is 19.3 Å². The van der Waals surface area contributed by atoms with E-state index in [1.165, 1.54) is 5.56 Å². The Balaban J connectivity index is 1.84. The second-order valence-electron chi connectivity index (χ2n) is 4.32. The zero-order chi connectivity index (χ0) is 12.8. The van der Waals surface area contributed by atoms with Gasteiger partial charge in [-0.1, -0.05) is 54.1 Å². The third kappa shape index (κ3) is 3.71. The number of hydrogen-bond acceptors (Lipinski definition) is 1. The molecule has 2 aromatic rings. The Kier molecular flexibility index (Phi) is 4.54. The van der Waals surface area contributed by atoms with Crippen molar-refractivity contribution >= 4 is 17.3 Å². The minimum absolute atomic E-state index is 0.683. The summed E-state index contributed by atoms with van der Waals surface area (Å²) in [6.45, 7) is 0. The molecule has 1 N–H and O–H groups in total. The van der Waals surface area contributed by atoms with Gasteiger partial charge in [-0.3, -0.25) is 0 Å². The molecule has 1 nitrogen and oxygen atoms in total. The molecule has 0 amide bonds. The van der Waals surface area contributed by atoms with Crippen LogP contribution in [0, 0.1) is 5.41 Å². The van der Waals surface area contributed by atoms with Crippen molar-refractivity contribution in [3.8, 4) is 0 Å². The van der Waals surface area contributed by atoms with E-state index in [2.05, 4.69) is 24.3 Å². The van der Waals surface area contributed by atoms with Crippen LogP contribution >= 0.6 is 11.6 Å². The summed E-state index contributed by atoms with van der Waals surface area (Å²) < 4.78 is 0. The molecule has 0 aliphatic heterocycles. The van der Waals surface area contributed by atoms with Crippen molar-refractivity contribution in [2.24, 2.45) is 0 Å². The van der Waals surface area contributed by atoms with Crippen molar-refractivity contribution in [1.29, 1.82) is 5.41 Å². The predicted molar refractivity (Wildman–Crippen MR) is 77.7 cm³/mol. The monoisotopic (exact) mass is 257 g/mol. The third-order valence-electron chi connectivity index (χ3n) is 2.93. The number of rotatable bonds is 5. The quantitative estimate of drug-likeness (QED) is 0.749. The third-order valence-corrected chi connectivity index (χ3v) is 3.18. The van der Waals surface area contributed by atoms with E-state index in [0.717, 1.165) is 29.8 Å². The highest BCUT2D eigenvalue weighted by Gasteiger charge is 2.01. The fourth-order valence-corrected chi connectivity index (χ4v) is 2.04. The van der Waals surface area contributed by atoms with Crippen molar-refractivity contribution in [2.75, 3.05) is 0 Å². The first-order valence-electron chi connectivity index (χ1n) is 6.13. The predicted octanol–water partition coefficient (Wildman–Crippen LogP) is 4.73. The SMILES string of the molecule is N=C(CCCc1ccccc1)c1ccc(Cl)cc1. The minimum Gasteiger partial charge on any atom is -0.305 e. The van der Waals surface area contributed by atoms with Gasteiger partial charge < -0.3 is 5.41 Å². The van der Waals surface area contributed by atoms with Crippen LogP contribution in [0.25, 0.3) is 0 Å². The van der Waals surface area contributed by atoms with Gasteiger partial charge in [-0.15, -0.1) is 0 Å². The maximum atomic E-state index is 8.02. The molecule has 2 aromatic carbocycles. The Labute approximate surface area is 113 Å². The lowest BCUT2D eigenvalue weighted by Gasteiger charge is -2.04. The Hall–Kier alpha value is -1.60. The summed E-state index contributed by atoms with van der Waals surface area (Å²) >= 11 is 5.83. The zero-order valence-corrected chi connectivity index (χ0v) is 11.0. The lowest BCUT2D eigenvalue weighted by atomic mass is 10.0. The molecule has 0 unspecified atom stereocenters. The van der Waals surface area contributed by atoms with E-state index in [-0.39, 0.29) is 0 Å². The van der Waals surface area contributed by atoms with Gasteiger partial charge in [-0.2, -0.15) is 0 Å². The van der Waals surface area contributed by atoms with Gasteiger partial charge in [-0.25, -0.2) is 0 Å². The van der Waals surface area contributed by atoms with Crippen LogP contribution in [-0.2, 0) is 6.42 Å². The largest absolute Gasteiger partial charge is 0.305 e. The molecule has 18 heavy (non-hydrogen) atoms. The Bertz CT molecular complexity index is 502. The first kappa shape index (κ1) is 12.8. The van der Waals surface area contributed by atoms with E-state index < -0.39 is 0 Å². The van der Waals surface area contributed by atoms with Gasteiger partial charge in [0.2, 0.25) is 0 Å². The molecule has 0 aromatic heterocycles. The van der Waals surface area contributed by atoms with Gasteiger partial charge in [0, 0.05) is 10.7 Å². The van der Waals surface area contributed by atoms with Gasteiger partial charge in [0.05, 0.1) is 0 Å². The van der Waals surface area contributed by atoms with Crippen molar-refractivity contribution in [3.63, 3.8) is 0 Å². The number of aryl methyl sites for hydroxylation is 1. The average molecular weight is 258 g/mol. The topological polar surface area (TPSA) is 23.9 Å². The summed E-state index contributed by atoms with van der Waals surface area (Å²) in [5.41, 5.74) is 2.98. The molecule has 92 valence electrons. The number of hydrogen-bond donors (Lipinski definition) is 1. The van der Waals surface area contributed by atoms with Crippen LogP contribution in [0.2, 0.25) is 5.02 Å². The number of benzene rings is 2. The normalized spacial score (nSPS) is 10.3. The van der Waals surface area contributed by atoms with E-state index in [1.807, 2.05) is 30.3 Å². The molecule has 0 aliphatic carbocycles. The lowest BCUT2D eigenvalue weighted by Crippen LogP contribution is -1.99. The summed E-state index contributed by atoms with van der Waals surface area (Å²) in [4.78, 5) is 0. The molecule has 0 fully saturated rings. The van der Waals surface area contributed by atoms with Crippen LogP contribution in [0.3, 0.4) is 0 Å². The van der Waals surface area contributed by atoms with Crippen molar-refractivity contribution in [3.05, 3.63) is 70.7 Å². The van der Waals surface area contributed by atoms with E-state index in [0.29, 0.717) is 5.71 Å². The Morgan fingerprint density at radius 1 is 0.944 bits per heavy atom. The molecule has 0 bridgehead atoms. The first-order chi connectivity index (χ1) is 8.75. The van der Waals surface area contributed by atoms with Crippen molar-refractivity contribution < 1.29 is 0 Å². The van der Waals surface area contributed by atoms with Gasteiger partial charge in [0.25, 0.3) is 0 Å². The molecule has 0 heterocycles. The van der Waals surface area contributed by atoms with E-state index in [4.69, 9.17) is 17.0 Å². The summed E-state index contributed by atoms with van der Waals surface area (Å²) in [5.74, 6) is 0. The molecule has 0 saturated carbocycles. The zero-order valence-electron chi connectivity index (χ0n) is 10.2. The van der Waals surface area contributed by atoms with E-state index >= 15 is 0 Å². The highest BCUT2D eigenvalue weighted by molar-refractivity contribution is 6.30. The van der Waals surface area contributed by atoms with Gasteiger partial charge in [0.1, 0.15) is 0 Å². The van der Waals surface area contributed by atoms with Crippen LogP contribution in [0.1, 0.15) is 24.0 Å². The smallest absolute Gasteiger partial charge is 0.0406 e. The number of halogens is 1. The summed E-state index contributed by atoms with van der Waals surface area (Å²) in [5, 5.41) is 8.74. The Morgan fingerprint density at radius 3 is 2.28 bits per heavy atom. The van der Waals surface area contributed by atoms with Crippen LogP contribution in [-0.4, -0.2) is 5.71 Å². The fraction of sp³-hybridized carbons (Fsp3) is 0.188. The summed E-state index contributed by atoms with van der Waals surface area (Å²) in [7, 11) is 0. The maximum absolute atomic E-state index is 8.02. The lowest BCUT2D eigenvalue weighted by molar-refractivity contribution is 0.863. The average Bonchev–Trinajstić information content (AvgIpc) is 2.40. The van der Waals surface area contributed by atoms with Crippen LogP contribution in [0.4, 0.5) is 0 Å². The van der Waals surface area contributed by atoms with Crippen molar-refractivity contribution in [1.82, 2.24) is 0 Å².